The Bertz CT molecular complexity index is 1500. The van der Waals surface area contributed by atoms with Crippen LogP contribution in [0.25, 0.3) is 22.1 Å². The minimum atomic E-state index is -6.03. The highest BCUT2D eigenvalue weighted by Crippen LogP contribution is 2.46. The Balaban J connectivity index is 1.87. The number of ether oxygens (including phenoxy) is 4. The highest BCUT2D eigenvalue weighted by atomic mass is 19.4. The van der Waals surface area contributed by atoms with Crippen molar-refractivity contribution in [1.82, 2.24) is 0 Å². The van der Waals surface area contributed by atoms with Crippen LogP contribution in [0.3, 0.4) is 0 Å². The summed E-state index contributed by atoms with van der Waals surface area (Å²) in [5.41, 5.74) is -2.34. The van der Waals surface area contributed by atoms with Gasteiger partial charge in [0.05, 0.1) is 12.7 Å². The summed E-state index contributed by atoms with van der Waals surface area (Å²) in [6.07, 6.45) is -4.77. The van der Waals surface area contributed by atoms with Crippen molar-refractivity contribution in [2.24, 2.45) is 0 Å². The van der Waals surface area contributed by atoms with Crippen LogP contribution in [-0.4, -0.2) is 50.4 Å². The van der Waals surface area contributed by atoms with Gasteiger partial charge < -0.3 is 23.4 Å². The van der Waals surface area contributed by atoms with Crippen LogP contribution in [0, 0.1) is 0 Å². The maximum atomic E-state index is 14.1. The standard InChI is InChI=1S/C25H17F9O7/c1-3-20(35)39-12-23(28,29)24(30,31)22(26,27)11-38-15-5-4-13-8-17(21(36)40-18(13)10-15)16-7-6-14(37-2)9-19(16)41-25(32,33)34/h3-10H,1,11-12H2,2H3. The second-order valence-corrected chi connectivity index (χ2v) is 8.14. The Morgan fingerprint density at radius 3 is 2.12 bits per heavy atom. The second kappa shape index (κ2) is 11.2. The van der Waals surface area contributed by atoms with Crippen molar-refractivity contribution in [1.29, 1.82) is 0 Å². The SMILES string of the molecule is C=CC(=O)OCC(F)(F)C(F)(F)C(F)(F)COc1ccc2cc(-c3ccc(OC)cc3OC(F)(F)F)c(=O)oc2c1. The highest BCUT2D eigenvalue weighted by molar-refractivity contribution is 5.84. The number of alkyl halides is 9. The first-order chi connectivity index (χ1) is 18.9. The van der Waals surface area contributed by atoms with E-state index >= 15 is 0 Å². The fourth-order valence-corrected chi connectivity index (χ4v) is 3.27. The number of carbonyl (C=O) groups is 1. The van der Waals surface area contributed by atoms with Crippen LogP contribution in [0.5, 0.6) is 17.2 Å². The average Bonchev–Trinajstić information content (AvgIpc) is 2.89. The molecule has 0 bridgehead atoms. The Labute approximate surface area is 223 Å². The third kappa shape index (κ3) is 6.86. The van der Waals surface area contributed by atoms with Gasteiger partial charge in [0.1, 0.15) is 22.8 Å². The van der Waals surface area contributed by atoms with Crippen LogP contribution in [0.2, 0.25) is 0 Å². The third-order valence-corrected chi connectivity index (χ3v) is 5.31. The third-order valence-electron chi connectivity index (χ3n) is 5.31. The number of hydrogen-bond acceptors (Lipinski definition) is 7. The van der Waals surface area contributed by atoms with E-state index in [4.69, 9.17) is 9.15 Å². The van der Waals surface area contributed by atoms with Crippen LogP contribution >= 0.6 is 0 Å². The van der Waals surface area contributed by atoms with Gasteiger partial charge in [-0.15, -0.1) is 13.2 Å². The van der Waals surface area contributed by atoms with Crippen molar-refractivity contribution in [3.63, 3.8) is 0 Å². The van der Waals surface area contributed by atoms with Crippen LogP contribution in [0.15, 0.2) is 64.3 Å². The number of benzene rings is 2. The molecule has 0 saturated heterocycles. The van der Waals surface area contributed by atoms with Gasteiger partial charge in [-0.1, -0.05) is 6.58 Å². The Morgan fingerprint density at radius 2 is 1.51 bits per heavy atom. The molecule has 2 aromatic carbocycles. The van der Waals surface area contributed by atoms with E-state index in [0.717, 1.165) is 36.4 Å². The van der Waals surface area contributed by atoms with Gasteiger partial charge in [-0.25, -0.2) is 9.59 Å². The normalized spacial score (nSPS) is 12.6. The van der Waals surface area contributed by atoms with Crippen molar-refractivity contribution in [3.05, 3.63) is 65.5 Å². The van der Waals surface area contributed by atoms with E-state index in [-0.39, 0.29) is 22.3 Å². The molecule has 0 fully saturated rings. The summed E-state index contributed by atoms with van der Waals surface area (Å²) in [6, 6.07) is 7.06. The lowest BCUT2D eigenvalue weighted by atomic mass is 10.0. The summed E-state index contributed by atoms with van der Waals surface area (Å²) < 4.78 is 145. The number of hydrogen-bond donors (Lipinski definition) is 0. The van der Waals surface area contributed by atoms with Gasteiger partial charge in [-0.2, -0.15) is 26.3 Å². The van der Waals surface area contributed by atoms with E-state index in [9.17, 15) is 49.1 Å². The zero-order valence-electron chi connectivity index (χ0n) is 20.5. The quantitative estimate of drug-likeness (QED) is 0.109. The number of halogens is 9. The Hall–Kier alpha value is -4.37. The summed E-state index contributed by atoms with van der Waals surface area (Å²) in [5.74, 6) is -20.0. The molecule has 3 rings (SSSR count). The molecule has 3 aromatic rings. The van der Waals surface area contributed by atoms with Gasteiger partial charge in [0.15, 0.2) is 13.2 Å². The molecular weight excluding hydrogens is 583 g/mol. The molecule has 0 radical (unpaired) electrons. The first kappa shape index (κ1) is 31.2. The summed E-state index contributed by atoms with van der Waals surface area (Å²) in [5, 5.41) is 0.0217. The molecular formula is C25H17F9O7. The minimum absolute atomic E-state index is 0.0217. The number of carbonyl (C=O) groups excluding carboxylic acids is 1. The fraction of sp³-hybridized carbons (Fsp3) is 0.280. The lowest BCUT2D eigenvalue weighted by molar-refractivity contribution is -0.322. The van der Waals surface area contributed by atoms with Gasteiger partial charge in [-0.05, 0) is 30.3 Å². The molecule has 0 N–H and O–H groups in total. The molecule has 16 heteroatoms. The largest absolute Gasteiger partial charge is 0.573 e. The molecule has 7 nitrogen and oxygen atoms in total. The van der Waals surface area contributed by atoms with Crippen LogP contribution in [0.1, 0.15) is 0 Å². The second-order valence-electron chi connectivity index (χ2n) is 8.14. The van der Waals surface area contributed by atoms with Gasteiger partial charge in [0.25, 0.3) is 0 Å². The van der Waals surface area contributed by atoms with Gasteiger partial charge in [-0.3, -0.25) is 0 Å². The van der Waals surface area contributed by atoms with E-state index in [1.54, 1.807) is 0 Å². The Kier molecular flexibility index (Phi) is 8.55. The average molecular weight is 600 g/mol. The molecule has 0 aliphatic carbocycles. The zero-order chi connectivity index (χ0) is 30.8. The lowest BCUT2D eigenvalue weighted by Crippen LogP contribution is -2.58. The molecule has 0 aliphatic rings. The van der Waals surface area contributed by atoms with E-state index in [1.807, 2.05) is 0 Å². The van der Waals surface area contributed by atoms with Crippen molar-refractivity contribution in [2.45, 2.75) is 24.1 Å². The predicted molar refractivity (Wildman–Crippen MR) is 123 cm³/mol. The summed E-state index contributed by atoms with van der Waals surface area (Å²) in [4.78, 5) is 23.4. The van der Waals surface area contributed by atoms with Crippen LogP contribution in [-0.2, 0) is 9.53 Å². The fourth-order valence-electron chi connectivity index (χ4n) is 3.27. The van der Waals surface area contributed by atoms with Crippen molar-refractivity contribution in [3.8, 4) is 28.4 Å². The number of esters is 1. The van der Waals surface area contributed by atoms with Gasteiger partial charge in [0.2, 0.25) is 0 Å². The van der Waals surface area contributed by atoms with E-state index in [0.29, 0.717) is 6.08 Å². The smallest absolute Gasteiger partial charge is 0.497 e. The first-order valence-electron chi connectivity index (χ1n) is 11.0. The number of fused-ring (bicyclic) bond motifs is 1. The van der Waals surface area contributed by atoms with Gasteiger partial charge >= 0.3 is 35.7 Å². The predicted octanol–water partition coefficient (Wildman–Crippen LogP) is 6.38. The topological polar surface area (TPSA) is 84.2 Å². The van der Waals surface area contributed by atoms with Gasteiger partial charge in [0, 0.05) is 29.2 Å². The summed E-state index contributed by atoms with van der Waals surface area (Å²) in [7, 11) is 1.18. The molecule has 1 heterocycles. The van der Waals surface area contributed by atoms with Crippen molar-refractivity contribution in [2.75, 3.05) is 20.3 Å². The maximum absolute atomic E-state index is 14.1. The first-order valence-corrected chi connectivity index (χ1v) is 11.0. The zero-order valence-corrected chi connectivity index (χ0v) is 20.5. The molecule has 0 amide bonds. The van der Waals surface area contributed by atoms with Crippen LogP contribution in [0.4, 0.5) is 39.5 Å². The molecule has 0 aliphatic heterocycles. The molecule has 1 aromatic heterocycles. The molecule has 222 valence electrons. The summed E-state index contributed by atoms with van der Waals surface area (Å²) >= 11 is 0. The maximum Gasteiger partial charge on any atom is 0.573 e. The lowest BCUT2D eigenvalue weighted by Gasteiger charge is -2.32. The van der Waals surface area contributed by atoms with E-state index < -0.39 is 66.0 Å². The Morgan fingerprint density at radius 1 is 0.878 bits per heavy atom. The molecule has 0 unspecified atom stereocenters. The molecule has 0 spiro atoms. The van der Waals surface area contributed by atoms with Crippen molar-refractivity contribution < 1.29 is 67.7 Å². The molecule has 0 atom stereocenters. The van der Waals surface area contributed by atoms with E-state index in [1.165, 1.54) is 13.2 Å². The summed E-state index contributed by atoms with van der Waals surface area (Å²) in [6.45, 7) is -1.79. The number of methoxy groups -OCH3 is 1. The monoisotopic (exact) mass is 600 g/mol. The van der Waals surface area contributed by atoms with Crippen LogP contribution < -0.4 is 19.8 Å². The van der Waals surface area contributed by atoms with E-state index in [2.05, 4.69) is 20.8 Å². The number of rotatable bonds is 11. The molecule has 0 saturated carbocycles. The molecule has 41 heavy (non-hydrogen) atoms. The minimum Gasteiger partial charge on any atom is -0.497 e. The highest BCUT2D eigenvalue weighted by Gasteiger charge is 2.72. The van der Waals surface area contributed by atoms with Crippen molar-refractivity contribution >= 4 is 16.9 Å².